The molecule has 0 saturated heterocycles. The fraction of sp³-hybridized carbons (Fsp3) is 0.865. The number of aliphatic hydroxyl groups is 1. The summed E-state index contributed by atoms with van der Waals surface area (Å²) in [6.45, 7) is 15.6. The molecule has 11 nitrogen and oxygen atoms in total. The third-order valence-corrected chi connectivity index (χ3v) is 12.7. The van der Waals surface area contributed by atoms with Crippen LogP contribution in [0.25, 0.3) is 0 Å². The van der Waals surface area contributed by atoms with Crippen molar-refractivity contribution in [3.05, 3.63) is 0 Å². The van der Waals surface area contributed by atoms with E-state index in [0.717, 1.165) is 25.7 Å². The monoisotopic (exact) mass is 678 g/mol. The molecule has 0 spiro atoms. The minimum atomic E-state index is -0.701. The first kappa shape index (κ1) is 38.1. The van der Waals surface area contributed by atoms with Crippen LogP contribution in [0.15, 0.2) is 0 Å². The molecule has 48 heavy (non-hydrogen) atoms. The summed E-state index contributed by atoms with van der Waals surface area (Å²) < 4.78 is 28.4. The molecular weight excluding hydrogens is 620 g/mol. The zero-order valence-electron chi connectivity index (χ0n) is 30.3. The van der Waals surface area contributed by atoms with E-state index in [-0.39, 0.29) is 53.0 Å². The van der Waals surface area contributed by atoms with Crippen LogP contribution in [-0.4, -0.2) is 72.1 Å². The van der Waals surface area contributed by atoms with Gasteiger partial charge in [-0.2, -0.15) is 0 Å². The molecule has 14 atom stereocenters. The topological polar surface area (TPSA) is 152 Å². The number of carbonyl (C=O) groups is 5. The summed E-state index contributed by atoms with van der Waals surface area (Å²) in [5, 5.41) is 11.7. The van der Waals surface area contributed by atoms with Gasteiger partial charge in [0.2, 0.25) is 0 Å². The van der Waals surface area contributed by atoms with Crippen LogP contribution in [0.2, 0.25) is 0 Å². The Kier molecular flexibility index (Phi) is 12.0. The first-order chi connectivity index (χ1) is 22.4. The van der Waals surface area contributed by atoms with Gasteiger partial charge in [0.1, 0.15) is 24.4 Å². The Labute approximate surface area is 285 Å². The number of hydrogen-bond acceptors (Lipinski definition) is 11. The summed E-state index contributed by atoms with van der Waals surface area (Å²) in [6, 6.07) is 0. The average molecular weight is 679 g/mol. The van der Waals surface area contributed by atoms with Gasteiger partial charge in [-0.3, -0.25) is 24.0 Å². The second-order valence-electron chi connectivity index (χ2n) is 16.0. The van der Waals surface area contributed by atoms with Crippen molar-refractivity contribution >= 4 is 29.8 Å². The maximum absolute atomic E-state index is 12.5. The Morgan fingerprint density at radius 2 is 1.33 bits per heavy atom. The molecule has 272 valence electrons. The Hall–Kier alpha value is -2.69. The third-order valence-electron chi connectivity index (χ3n) is 12.7. The first-order valence-corrected chi connectivity index (χ1v) is 17.9. The molecule has 0 aromatic heterocycles. The molecule has 4 aliphatic rings. The van der Waals surface area contributed by atoms with Crippen LogP contribution in [-0.2, 0) is 47.7 Å². The van der Waals surface area contributed by atoms with Gasteiger partial charge in [0.05, 0.1) is 12.7 Å². The molecule has 4 aliphatic carbocycles. The Bertz CT molecular complexity index is 1220. The van der Waals surface area contributed by atoms with E-state index in [1.54, 1.807) is 0 Å². The van der Waals surface area contributed by atoms with Crippen molar-refractivity contribution in [2.75, 3.05) is 6.61 Å². The van der Waals surface area contributed by atoms with Crippen LogP contribution in [0.5, 0.6) is 0 Å². The van der Waals surface area contributed by atoms with Gasteiger partial charge < -0.3 is 28.8 Å². The SMILES string of the molecule is CC(=O)OCC(C)C[C@@H](OC(C)=O)[C@H](OC(C)=O)[C@@H](C)[C@H]1CC[C@H]2[C@@H]3CC(O)[C@H]4C[C@H](OC(C)=O)[C@H](OC(C)=O)C[C@]4(C)[C@H]3CC[C@]12C. The maximum atomic E-state index is 12.5. The highest BCUT2D eigenvalue weighted by Gasteiger charge is 2.64. The van der Waals surface area contributed by atoms with E-state index in [1.165, 1.54) is 34.6 Å². The molecule has 0 aromatic rings. The lowest BCUT2D eigenvalue weighted by atomic mass is 9.43. The molecule has 4 saturated carbocycles. The highest BCUT2D eigenvalue weighted by Crippen LogP contribution is 2.68. The molecule has 0 amide bonds. The number of ether oxygens (including phenoxy) is 5. The second kappa shape index (κ2) is 15.1. The Balaban J connectivity index is 1.59. The third kappa shape index (κ3) is 8.02. The average Bonchev–Trinajstić information content (AvgIpc) is 3.31. The van der Waals surface area contributed by atoms with Crippen molar-refractivity contribution in [3.63, 3.8) is 0 Å². The fourth-order valence-electron chi connectivity index (χ4n) is 11.0. The van der Waals surface area contributed by atoms with Gasteiger partial charge in [-0.15, -0.1) is 0 Å². The number of hydrogen-bond donors (Lipinski definition) is 1. The summed E-state index contributed by atoms with van der Waals surface area (Å²) in [6.07, 6.45) is 2.70. The number of carbonyl (C=O) groups excluding carboxylic acids is 5. The van der Waals surface area contributed by atoms with Crippen LogP contribution < -0.4 is 0 Å². The van der Waals surface area contributed by atoms with Gasteiger partial charge in [0, 0.05) is 40.5 Å². The Morgan fingerprint density at radius 1 is 0.729 bits per heavy atom. The van der Waals surface area contributed by atoms with Gasteiger partial charge in [0.15, 0.2) is 0 Å². The zero-order valence-corrected chi connectivity index (χ0v) is 30.3. The number of rotatable bonds is 11. The van der Waals surface area contributed by atoms with Crippen molar-refractivity contribution in [2.24, 2.45) is 52.3 Å². The Morgan fingerprint density at radius 3 is 1.92 bits per heavy atom. The van der Waals surface area contributed by atoms with Crippen molar-refractivity contribution < 1.29 is 52.8 Å². The molecule has 1 N–H and O–H groups in total. The molecule has 11 heteroatoms. The van der Waals surface area contributed by atoms with E-state index in [1.807, 2.05) is 6.92 Å². The van der Waals surface area contributed by atoms with Gasteiger partial charge in [-0.25, -0.2) is 0 Å². The number of esters is 5. The van der Waals surface area contributed by atoms with Crippen LogP contribution in [0.4, 0.5) is 0 Å². The van der Waals surface area contributed by atoms with Crippen LogP contribution in [0.1, 0.15) is 114 Å². The fourth-order valence-corrected chi connectivity index (χ4v) is 11.0. The summed E-state index contributed by atoms with van der Waals surface area (Å²) in [5.74, 6) is -1.42. The quantitative estimate of drug-likeness (QED) is 0.227. The molecule has 0 radical (unpaired) electrons. The van der Waals surface area contributed by atoms with Crippen molar-refractivity contribution in [2.45, 2.75) is 144 Å². The van der Waals surface area contributed by atoms with Crippen molar-refractivity contribution in [1.29, 1.82) is 0 Å². The highest BCUT2D eigenvalue weighted by atomic mass is 16.6. The van der Waals surface area contributed by atoms with E-state index in [4.69, 9.17) is 23.7 Å². The summed E-state index contributed by atoms with van der Waals surface area (Å²) in [5.41, 5.74) is -0.404. The predicted octanol–water partition coefficient (Wildman–Crippen LogP) is 5.18. The highest BCUT2D eigenvalue weighted by molar-refractivity contribution is 5.68. The standard InChI is InChI=1S/C37H58O11/c1-19(18-44-21(3)38)14-33(46-23(5)40)35(48-25(7)42)20(2)27-10-11-28-26-15-31(43)30-16-32(45-22(4)39)34(47-24(6)41)17-37(30,9)29(26)12-13-36(27,28)8/h19-20,26-35,43H,10-18H2,1-9H3/t19?,20-,26-,27+,28-,29-,30+,31?,32-,33+,34+,35+,36+,37+/m0/s1. The van der Waals surface area contributed by atoms with Crippen molar-refractivity contribution in [3.8, 4) is 0 Å². The largest absolute Gasteiger partial charge is 0.466 e. The van der Waals surface area contributed by atoms with E-state index in [9.17, 15) is 29.1 Å². The van der Waals surface area contributed by atoms with Gasteiger partial charge in [0.25, 0.3) is 0 Å². The number of aliphatic hydroxyl groups excluding tert-OH is 1. The molecule has 0 aliphatic heterocycles. The number of fused-ring (bicyclic) bond motifs is 5. The van der Waals surface area contributed by atoms with Crippen LogP contribution >= 0.6 is 0 Å². The smallest absolute Gasteiger partial charge is 0.303 e. The summed E-state index contributed by atoms with van der Waals surface area (Å²) >= 11 is 0. The normalized spacial score (nSPS) is 38.0. The lowest BCUT2D eigenvalue weighted by molar-refractivity contribution is -0.214. The van der Waals surface area contributed by atoms with Gasteiger partial charge >= 0.3 is 29.8 Å². The molecule has 4 fully saturated rings. The summed E-state index contributed by atoms with van der Waals surface area (Å²) in [7, 11) is 0. The first-order valence-electron chi connectivity index (χ1n) is 17.9. The minimum Gasteiger partial charge on any atom is -0.466 e. The predicted molar refractivity (Wildman–Crippen MR) is 174 cm³/mol. The summed E-state index contributed by atoms with van der Waals surface area (Å²) in [4.78, 5) is 60.3. The lowest BCUT2D eigenvalue weighted by Crippen LogP contribution is -2.61. The van der Waals surface area contributed by atoms with Gasteiger partial charge in [-0.05, 0) is 97.7 Å². The molecule has 4 rings (SSSR count). The molecule has 2 unspecified atom stereocenters. The maximum Gasteiger partial charge on any atom is 0.303 e. The van der Waals surface area contributed by atoms with E-state index >= 15 is 0 Å². The minimum absolute atomic E-state index is 0.0813. The van der Waals surface area contributed by atoms with E-state index < -0.39 is 54.4 Å². The molecule has 0 heterocycles. The molecule has 0 bridgehead atoms. The molecular formula is C37H58O11. The lowest BCUT2D eigenvalue weighted by Gasteiger charge is -2.63. The second-order valence-corrected chi connectivity index (χ2v) is 16.0. The van der Waals surface area contributed by atoms with Crippen LogP contribution in [0.3, 0.4) is 0 Å². The van der Waals surface area contributed by atoms with E-state index in [0.29, 0.717) is 37.5 Å². The zero-order chi connectivity index (χ0) is 35.7. The van der Waals surface area contributed by atoms with E-state index in [2.05, 4.69) is 20.8 Å². The molecule has 0 aromatic carbocycles. The van der Waals surface area contributed by atoms with Crippen LogP contribution in [0, 0.1) is 52.3 Å². The van der Waals surface area contributed by atoms with Gasteiger partial charge in [-0.1, -0.05) is 27.7 Å². The van der Waals surface area contributed by atoms with Crippen molar-refractivity contribution in [1.82, 2.24) is 0 Å².